The molecule has 0 aliphatic carbocycles. The van der Waals surface area contributed by atoms with Crippen molar-refractivity contribution in [1.29, 1.82) is 0 Å². The Morgan fingerprint density at radius 1 is 0.815 bits per heavy atom. The van der Waals surface area contributed by atoms with Crippen LogP contribution in [0.4, 0.5) is 0 Å². The van der Waals surface area contributed by atoms with Gasteiger partial charge in [-0.25, -0.2) is 0 Å². The molecule has 0 radical (unpaired) electrons. The molecular weight excluding hydrogens is 336 g/mol. The molecule has 1 unspecified atom stereocenters. The summed E-state index contributed by atoms with van der Waals surface area (Å²) in [7, 11) is 0. The van der Waals surface area contributed by atoms with Crippen LogP contribution >= 0.6 is 0 Å². The summed E-state index contributed by atoms with van der Waals surface area (Å²) in [6.45, 7) is 5.37. The molecule has 0 saturated carbocycles. The lowest BCUT2D eigenvalue weighted by molar-refractivity contribution is -0.148. The van der Waals surface area contributed by atoms with Crippen molar-refractivity contribution in [2.24, 2.45) is 5.41 Å². The quantitative estimate of drug-likeness (QED) is 0.284. The fourth-order valence-electron chi connectivity index (χ4n) is 2.18. The molecular formula is C24H36O3. The lowest BCUT2D eigenvalue weighted by Crippen LogP contribution is -2.28. The Balaban J connectivity index is 3.85. The van der Waals surface area contributed by atoms with E-state index in [9.17, 15) is 9.90 Å². The Bertz CT molecular complexity index is 560. The summed E-state index contributed by atoms with van der Waals surface area (Å²) in [5.74, 6) is -0.898. The van der Waals surface area contributed by atoms with Gasteiger partial charge in [0.2, 0.25) is 0 Å². The molecule has 3 heteroatoms. The molecule has 3 nitrogen and oxygen atoms in total. The number of carbonyl (C=O) groups is 1. The molecule has 0 spiro atoms. The van der Waals surface area contributed by atoms with E-state index in [1.54, 1.807) is 26.0 Å². The monoisotopic (exact) mass is 372 g/mol. The van der Waals surface area contributed by atoms with Crippen molar-refractivity contribution >= 4 is 5.97 Å². The highest BCUT2D eigenvalue weighted by Crippen LogP contribution is 2.22. The molecule has 1 atom stereocenters. The number of aliphatic hydroxyl groups excluding tert-OH is 1. The van der Waals surface area contributed by atoms with Crippen LogP contribution in [0, 0.1) is 5.41 Å². The number of rotatable bonds is 14. The van der Waals surface area contributed by atoms with Crippen molar-refractivity contribution in [3.8, 4) is 0 Å². The molecule has 0 amide bonds. The van der Waals surface area contributed by atoms with Gasteiger partial charge in [0, 0.05) is 0 Å². The summed E-state index contributed by atoms with van der Waals surface area (Å²) in [6.07, 6.45) is 28.8. The number of carboxylic acids is 1. The first-order valence-electron chi connectivity index (χ1n) is 9.75. The third-order valence-electron chi connectivity index (χ3n) is 3.87. The van der Waals surface area contributed by atoms with Crippen molar-refractivity contribution < 1.29 is 15.0 Å². The smallest absolute Gasteiger partial charge is 0.309 e. The third-order valence-corrected chi connectivity index (χ3v) is 3.87. The van der Waals surface area contributed by atoms with Crippen LogP contribution < -0.4 is 0 Å². The molecule has 0 bridgehead atoms. The largest absolute Gasteiger partial charge is 0.481 e. The van der Waals surface area contributed by atoms with Crippen LogP contribution in [0.15, 0.2) is 72.9 Å². The predicted octanol–water partition coefficient (Wildman–Crippen LogP) is 6.16. The van der Waals surface area contributed by atoms with E-state index in [2.05, 4.69) is 55.5 Å². The lowest BCUT2D eigenvalue weighted by atomic mass is 9.87. The van der Waals surface area contributed by atoms with Crippen molar-refractivity contribution in [2.75, 3.05) is 0 Å². The van der Waals surface area contributed by atoms with Gasteiger partial charge in [-0.15, -0.1) is 0 Å². The molecule has 0 aromatic carbocycles. The average molecular weight is 373 g/mol. The molecule has 0 saturated heterocycles. The summed E-state index contributed by atoms with van der Waals surface area (Å²) in [6, 6.07) is 0. The van der Waals surface area contributed by atoms with E-state index in [1.807, 2.05) is 12.2 Å². The summed E-state index contributed by atoms with van der Waals surface area (Å²) >= 11 is 0. The number of carboxylic acid groups (broad SMARTS) is 1. The molecule has 150 valence electrons. The molecule has 27 heavy (non-hydrogen) atoms. The van der Waals surface area contributed by atoms with Gasteiger partial charge < -0.3 is 10.2 Å². The first-order chi connectivity index (χ1) is 12.9. The van der Waals surface area contributed by atoms with Crippen molar-refractivity contribution in [2.45, 2.75) is 65.4 Å². The highest BCUT2D eigenvalue weighted by Gasteiger charge is 2.28. The van der Waals surface area contributed by atoms with Gasteiger partial charge >= 0.3 is 5.97 Å². The van der Waals surface area contributed by atoms with Crippen LogP contribution in [0.2, 0.25) is 0 Å². The SMILES string of the molecule is CC/C=C\C/C=C\C/C=C\C/C=C\C/C=C\C=C\C(O)CC(C)(C)C(=O)O. The van der Waals surface area contributed by atoms with Crippen LogP contribution in [0.5, 0.6) is 0 Å². The fraction of sp³-hybridized carbons (Fsp3) is 0.458. The number of hydrogen-bond acceptors (Lipinski definition) is 2. The van der Waals surface area contributed by atoms with E-state index in [0.717, 1.165) is 32.1 Å². The topological polar surface area (TPSA) is 57.5 Å². The zero-order valence-corrected chi connectivity index (χ0v) is 17.1. The molecule has 2 N–H and O–H groups in total. The van der Waals surface area contributed by atoms with Gasteiger partial charge in [-0.2, -0.15) is 0 Å². The Labute approximate surface area is 165 Å². The zero-order chi connectivity index (χ0) is 20.4. The third kappa shape index (κ3) is 15.8. The fourth-order valence-corrected chi connectivity index (χ4v) is 2.18. The second-order valence-electron chi connectivity index (χ2n) is 7.01. The molecule has 0 fully saturated rings. The molecule has 0 aromatic rings. The number of aliphatic carboxylic acids is 1. The molecule has 0 aliphatic rings. The van der Waals surface area contributed by atoms with E-state index < -0.39 is 17.5 Å². The Morgan fingerprint density at radius 2 is 1.26 bits per heavy atom. The average Bonchev–Trinajstić information content (AvgIpc) is 2.60. The van der Waals surface area contributed by atoms with E-state index in [-0.39, 0.29) is 6.42 Å². The highest BCUT2D eigenvalue weighted by molar-refractivity contribution is 5.73. The van der Waals surface area contributed by atoms with Crippen molar-refractivity contribution in [3.05, 3.63) is 72.9 Å². The van der Waals surface area contributed by atoms with E-state index in [1.165, 1.54) is 0 Å². The van der Waals surface area contributed by atoms with Gasteiger partial charge in [0.05, 0.1) is 11.5 Å². The summed E-state index contributed by atoms with van der Waals surface area (Å²) in [5.41, 5.74) is -0.925. The van der Waals surface area contributed by atoms with Crippen molar-refractivity contribution in [3.63, 3.8) is 0 Å². The molecule has 0 rings (SSSR count). The molecule has 0 aliphatic heterocycles. The maximum Gasteiger partial charge on any atom is 0.309 e. The Hall–Kier alpha value is -2.13. The van der Waals surface area contributed by atoms with Gasteiger partial charge in [0.25, 0.3) is 0 Å². The van der Waals surface area contributed by atoms with Crippen LogP contribution in [-0.2, 0) is 4.79 Å². The minimum absolute atomic E-state index is 0.198. The maximum absolute atomic E-state index is 11.0. The van der Waals surface area contributed by atoms with Gasteiger partial charge in [-0.05, 0) is 52.4 Å². The van der Waals surface area contributed by atoms with E-state index in [4.69, 9.17) is 5.11 Å². The second-order valence-corrected chi connectivity index (χ2v) is 7.01. The number of aliphatic hydroxyl groups is 1. The standard InChI is InChI=1S/C24H36O3/c1-4-5-6-7-8-9-10-11-12-13-14-15-16-17-18-19-20-22(25)21-24(2,3)23(26)27/h5-6,8-9,11-12,14-15,17-20,22,25H,4,7,10,13,16,21H2,1-3H3,(H,26,27)/b6-5-,9-8-,12-11-,15-14-,18-17-,20-19+. The second kappa shape index (κ2) is 16.1. The number of hydrogen-bond donors (Lipinski definition) is 2. The first-order valence-corrected chi connectivity index (χ1v) is 9.75. The highest BCUT2D eigenvalue weighted by atomic mass is 16.4. The van der Waals surface area contributed by atoms with Gasteiger partial charge in [0.15, 0.2) is 0 Å². The van der Waals surface area contributed by atoms with Crippen LogP contribution in [-0.4, -0.2) is 22.3 Å². The van der Waals surface area contributed by atoms with E-state index >= 15 is 0 Å². The zero-order valence-electron chi connectivity index (χ0n) is 17.1. The van der Waals surface area contributed by atoms with Crippen LogP contribution in [0.3, 0.4) is 0 Å². The van der Waals surface area contributed by atoms with Crippen LogP contribution in [0.25, 0.3) is 0 Å². The van der Waals surface area contributed by atoms with Crippen LogP contribution in [0.1, 0.15) is 59.3 Å². The Morgan fingerprint density at radius 3 is 1.70 bits per heavy atom. The first kappa shape index (κ1) is 24.9. The number of allylic oxidation sites excluding steroid dienone is 11. The van der Waals surface area contributed by atoms with Crippen molar-refractivity contribution in [1.82, 2.24) is 0 Å². The van der Waals surface area contributed by atoms with Gasteiger partial charge in [-0.3, -0.25) is 4.79 Å². The summed E-state index contributed by atoms with van der Waals surface area (Å²) < 4.78 is 0. The maximum atomic E-state index is 11.0. The normalized spacial score (nSPS) is 14.8. The minimum atomic E-state index is -0.925. The molecule has 0 heterocycles. The Kier molecular flexibility index (Phi) is 14.8. The summed E-state index contributed by atoms with van der Waals surface area (Å²) in [4.78, 5) is 11.0. The summed E-state index contributed by atoms with van der Waals surface area (Å²) in [5, 5.41) is 18.9. The predicted molar refractivity (Wildman–Crippen MR) is 116 cm³/mol. The van der Waals surface area contributed by atoms with E-state index in [0.29, 0.717) is 0 Å². The minimum Gasteiger partial charge on any atom is -0.481 e. The molecule has 0 aromatic heterocycles. The van der Waals surface area contributed by atoms with Gasteiger partial charge in [-0.1, -0.05) is 79.8 Å². The lowest BCUT2D eigenvalue weighted by Gasteiger charge is -2.20. The van der Waals surface area contributed by atoms with Gasteiger partial charge in [0.1, 0.15) is 0 Å².